The molecular formula is C14H18N2O2. The van der Waals surface area contributed by atoms with E-state index in [1.807, 2.05) is 24.6 Å². The van der Waals surface area contributed by atoms with Crippen LogP contribution in [-0.4, -0.2) is 20.4 Å². The summed E-state index contributed by atoms with van der Waals surface area (Å²) in [5.74, 6) is 0.565. The molecule has 0 bridgehead atoms. The van der Waals surface area contributed by atoms with Gasteiger partial charge in [0.25, 0.3) is 0 Å². The Bertz CT molecular complexity index is 599. The Kier molecular flexibility index (Phi) is 3.22. The number of rotatable bonds is 3. The second-order valence-corrected chi connectivity index (χ2v) is 4.93. The maximum absolute atomic E-state index is 11.8. The molecule has 0 amide bonds. The Morgan fingerprint density at radius 2 is 2.06 bits per heavy atom. The standard InChI is InChI=1S/C14H18N2O2/c1-8(2)13(17)14(18)10-5-6-12-11(7-10)15-9(3)16(12)4/h5-8,14,18H,1-4H3. The number of benzene rings is 1. The van der Waals surface area contributed by atoms with Crippen molar-refractivity contribution < 1.29 is 9.90 Å². The van der Waals surface area contributed by atoms with Crippen molar-refractivity contribution in [2.45, 2.75) is 26.9 Å². The highest BCUT2D eigenvalue weighted by Crippen LogP contribution is 2.22. The molecule has 1 heterocycles. The zero-order valence-corrected chi connectivity index (χ0v) is 11.1. The number of aliphatic hydroxyl groups excluding tert-OH is 1. The monoisotopic (exact) mass is 246 g/mol. The van der Waals surface area contributed by atoms with Crippen LogP contribution in [0, 0.1) is 12.8 Å². The van der Waals surface area contributed by atoms with Gasteiger partial charge >= 0.3 is 0 Å². The van der Waals surface area contributed by atoms with Crippen LogP contribution in [0.1, 0.15) is 31.3 Å². The van der Waals surface area contributed by atoms with E-state index < -0.39 is 6.10 Å². The van der Waals surface area contributed by atoms with Crippen molar-refractivity contribution in [2.24, 2.45) is 13.0 Å². The predicted molar refractivity (Wildman–Crippen MR) is 70.3 cm³/mol. The van der Waals surface area contributed by atoms with Crippen molar-refractivity contribution in [1.29, 1.82) is 0 Å². The molecule has 0 radical (unpaired) electrons. The highest BCUT2D eigenvalue weighted by molar-refractivity contribution is 5.87. The summed E-state index contributed by atoms with van der Waals surface area (Å²) in [5.41, 5.74) is 2.42. The number of aryl methyl sites for hydroxylation is 2. The molecule has 0 aliphatic carbocycles. The van der Waals surface area contributed by atoms with Gasteiger partial charge < -0.3 is 9.67 Å². The van der Waals surface area contributed by atoms with E-state index in [1.165, 1.54) is 0 Å². The third kappa shape index (κ3) is 2.04. The van der Waals surface area contributed by atoms with Crippen molar-refractivity contribution in [3.05, 3.63) is 29.6 Å². The minimum absolute atomic E-state index is 0.165. The van der Waals surface area contributed by atoms with Crippen molar-refractivity contribution >= 4 is 16.8 Å². The van der Waals surface area contributed by atoms with Crippen LogP contribution in [0.2, 0.25) is 0 Å². The third-order valence-electron chi connectivity index (χ3n) is 3.28. The number of hydrogen-bond acceptors (Lipinski definition) is 3. The van der Waals surface area contributed by atoms with Crippen LogP contribution in [0.15, 0.2) is 18.2 Å². The number of carbonyl (C=O) groups excluding carboxylic acids is 1. The first-order valence-electron chi connectivity index (χ1n) is 6.06. The molecule has 1 N–H and O–H groups in total. The first kappa shape index (κ1) is 12.8. The highest BCUT2D eigenvalue weighted by Gasteiger charge is 2.21. The molecule has 4 heteroatoms. The Morgan fingerprint density at radius 1 is 1.39 bits per heavy atom. The quantitative estimate of drug-likeness (QED) is 0.902. The number of ketones is 1. The minimum Gasteiger partial charge on any atom is -0.381 e. The van der Waals surface area contributed by atoms with Crippen molar-refractivity contribution in [2.75, 3.05) is 0 Å². The second-order valence-electron chi connectivity index (χ2n) is 4.93. The smallest absolute Gasteiger partial charge is 0.168 e. The van der Waals surface area contributed by atoms with Crippen molar-refractivity contribution in [1.82, 2.24) is 9.55 Å². The Balaban J connectivity index is 2.44. The highest BCUT2D eigenvalue weighted by atomic mass is 16.3. The van der Waals surface area contributed by atoms with Gasteiger partial charge in [-0.05, 0) is 24.6 Å². The van der Waals surface area contributed by atoms with E-state index in [9.17, 15) is 9.90 Å². The van der Waals surface area contributed by atoms with Crippen LogP contribution in [0.25, 0.3) is 11.0 Å². The van der Waals surface area contributed by atoms with Gasteiger partial charge in [-0.2, -0.15) is 0 Å². The number of Topliss-reactive ketones (excluding diaryl/α,β-unsaturated/α-hetero) is 1. The normalized spacial score (nSPS) is 13.2. The molecule has 0 saturated carbocycles. The first-order valence-corrected chi connectivity index (χ1v) is 6.06. The zero-order chi connectivity index (χ0) is 13.4. The molecule has 0 spiro atoms. The molecule has 18 heavy (non-hydrogen) atoms. The van der Waals surface area contributed by atoms with Gasteiger partial charge in [0.15, 0.2) is 5.78 Å². The van der Waals surface area contributed by atoms with Crippen LogP contribution >= 0.6 is 0 Å². The molecule has 1 atom stereocenters. The summed E-state index contributed by atoms with van der Waals surface area (Å²) in [6.45, 7) is 5.50. The van der Waals surface area contributed by atoms with Crippen LogP contribution in [-0.2, 0) is 11.8 Å². The van der Waals surface area contributed by atoms with Crippen molar-refractivity contribution in [3.63, 3.8) is 0 Å². The average Bonchev–Trinajstić information content (AvgIpc) is 2.62. The fraction of sp³-hybridized carbons (Fsp3) is 0.429. The number of imidazole rings is 1. The summed E-state index contributed by atoms with van der Waals surface area (Å²) >= 11 is 0. The minimum atomic E-state index is -1.06. The van der Waals surface area contributed by atoms with Gasteiger partial charge in [0.05, 0.1) is 11.0 Å². The summed E-state index contributed by atoms with van der Waals surface area (Å²) in [6.07, 6.45) is -1.06. The second kappa shape index (κ2) is 4.53. The van der Waals surface area contributed by atoms with E-state index in [0.29, 0.717) is 5.56 Å². The molecule has 0 aliphatic rings. The maximum atomic E-state index is 11.8. The fourth-order valence-corrected chi connectivity index (χ4v) is 1.99. The van der Waals surface area contributed by atoms with Gasteiger partial charge in [0.2, 0.25) is 0 Å². The Labute approximate surface area is 106 Å². The number of carbonyl (C=O) groups is 1. The zero-order valence-electron chi connectivity index (χ0n) is 11.1. The van der Waals surface area contributed by atoms with E-state index in [1.54, 1.807) is 26.0 Å². The van der Waals surface area contributed by atoms with Crippen LogP contribution in [0.4, 0.5) is 0 Å². The molecule has 0 aliphatic heterocycles. The van der Waals surface area contributed by atoms with E-state index >= 15 is 0 Å². The van der Waals surface area contributed by atoms with E-state index in [4.69, 9.17) is 0 Å². The maximum Gasteiger partial charge on any atom is 0.168 e. The van der Waals surface area contributed by atoms with E-state index in [-0.39, 0.29) is 11.7 Å². The Morgan fingerprint density at radius 3 is 2.67 bits per heavy atom. The van der Waals surface area contributed by atoms with Gasteiger partial charge in [-0.15, -0.1) is 0 Å². The van der Waals surface area contributed by atoms with Crippen molar-refractivity contribution in [3.8, 4) is 0 Å². The summed E-state index contributed by atoms with van der Waals surface area (Å²) in [4.78, 5) is 16.2. The number of aromatic nitrogens is 2. The van der Waals surface area contributed by atoms with Gasteiger partial charge in [0, 0.05) is 13.0 Å². The van der Waals surface area contributed by atoms with Crippen LogP contribution in [0.3, 0.4) is 0 Å². The SMILES string of the molecule is Cc1nc2cc(C(O)C(=O)C(C)C)ccc2n1C. The molecule has 1 aromatic heterocycles. The average molecular weight is 246 g/mol. The first-order chi connectivity index (χ1) is 8.41. The summed E-state index contributed by atoms with van der Waals surface area (Å²) in [6, 6.07) is 5.46. The molecule has 4 nitrogen and oxygen atoms in total. The Hall–Kier alpha value is -1.68. The molecule has 0 saturated heterocycles. The largest absolute Gasteiger partial charge is 0.381 e. The number of fused-ring (bicyclic) bond motifs is 1. The number of aliphatic hydroxyl groups is 1. The molecular weight excluding hydrogens is 228 g/mol. The fourth-order valence-electron chi connectivity index (χ4n) is 1.99. The molecule has 2 rings (SSSR count). The van der Waals surface area contributed by atoms with E-state index in [0.717, 1.165) is 16.9 Å². The van der Waals surface area contributed by atoms with E-state index in [2.05, 4.69) is 4.98 Å². The molecule has 0 fully saturated rings. The summed E-state index contributed by atoms with van der Waals surface area (Å²) in [7, 11) is 1.94. The third-order valence-corrected chi connectivity index (χ3v) is 3.28. The number of hydrogen-bond donors (Lipinski definition) is 1. The molecule has 96 valence electrons. The molecule has 2 aromatic rings. The topological polar surface area (TPSA) is 55.1 Å². The summed E-state index contributed by atoms with van der Waals surface area (Å²) in [5, 5.41) is 10.0. The predicted octanol–water partition coefficient (Wildman–Crippen LogP) is 2.14. The van der Waals surface area contributed by atoms with Crippen LogP contribution in [0.5, 0.6) is 0 Å². The lowest BCUT2D eigenvalue weighted by molar-refractivity contribution is -0.130. The number of nitrogens with zero attached hydrogens (tertiary/aromatic N) is 2. The molecule has 1 unspecified atom stereocenters. The summed E-state index contributed by atoms with van der Waals surface area (Å²) < 4.78 is 1.98. The van der Waals surface area contributed by atoms with Crippen LogP contribution < -0.4 is 0 Å². The van der Waals surface area contributed by atoms with Gasteiger partial charge in [-0.1, -0.05) is 19.9 Å². The lowest BCUT2D eigenvalue weighted by Gasteiger charge is -2.12. The van der Waals surface area contributed by atoms with Gasteiger partial charge in [-0.3, -0.25) is 4.79 Å². The van der Waals surface area contributed by atoms with Gasteiger partial charge in [-0.25, -0.2) is 4.98 Å². The molecule has 1 aromatic carbocycles. The van der Waals surface area contributed by atoms with Gasteiger partial charge in [0.1, 0.15) is 11.9 Å². The lowest BCUT2D eigenvalue weighted by atomic mass is 9.98. The lowest BCUT2D eigenvalue weighted by Crippen LogP contribution is -2.17.